The van der Waals surface area contributed by atoms with Crippen molar-refractivity contribution < 1.29 is 27.9 Å². The van der Waals surface area contributed by atoms with Crippen LogP contribution < -0.4 is 5.32 Å². The zero-order valence-corrected chi connectivity index (χ0v) is 11.5. The molecule has 2 unspecified atom stereocenters. The van der Waals surface area contributed by atoms with Crippen LogP contribution in [0.25, 0.3) is 0 Å². The predicted octanol–water partition coefficient (Wildman–Crippen LogP) is 2.08. The lowest BCUT2D eigenvalue weighted by atomic mass is 9.86. The van der Waals surface area contributed by atoms with Crippen LogP contribution in [0.2, 0.25) is 0 Å². The van der Waals surface area contributed by atoms with Gasteiger partial charge in [-0.1, -0.05) is 20.3 Å². The molecule has 0 aromatic carbocycles. The minimum absolute atomic E-state index is 0.210. The third kappa shape index (κ3) is 3.16. The lowest BCUT2D eigenvalue weighted by molar-refractivity contribution is -0.226. The van der Waals surface area contributed by atoms with Gasteiger partial charge in [0.2, 0.25) is 0 Å². The Kier molecular flexibility index (Phi) is 4.88. The Labute approximate surface area is 115 Å². The molecule has 116 valence electrons. The summed E-state index contributed by atoms with van der Waals surface area (Å²) in [6, 6.07) is -0.641. The van der Waals surface area contributed by atoms with Crippen LogP contribution in [-0.2, 0) is 4.79 Å². The van der Waals surface area contributed by atoms with Crippen molar-refractivity contribution in [3.05, 3.63) is 0 Å². The van der Waals surface area contributed by atoms with Gasteiger partial charge in [-0.3, -0.25) is 4.79 Å². The van der Waals surface area contributed by atoms with E-state index in [0.29, 0.717) is 6.54 Å². The van der Waals surface area contributed by atoms with E-state index in [9.17, 15) is 22.8 Å². The van der Waals surface area contributed by atoms with Crippen molar-refractivity contribution in [1.82, 2.24) is 10.2 Å². The Bertz CT molecular complexity index is 387. The normalized spacial score (nSPS) is 24.6. The number of carbonyl (C=O) groups excluding carboxylic acids is 1. The van der Waals surface area contributed by atoms with E-state index in [-0.39, 0.29) is 12.5 Å². The molecular formula is C12H19F3N2O3. The maximum Gasteiger partial charge on any atom is 0.406 e. The summed E-state index contributed by atoms with van der Waals surface area (Å²) in [6.45, 7) is 3.15. The fourth-order valence-electron chi connectivity index (χ4n) is 2.03. The summed E-state index contributed by atoms with van der Waals surface area (Å²) in [7, 11) is 0. The Morgan fingerprint density at radius 1 is 1.45 bits per heavy atom. The molecule has 0 spiro atoms. The fourth-order valence-corrected chi connectivity index (χ4v) is 2.03. The predicted molar refractivity (Wildman–Crippen MR) is 65.2 cm³/mol. The highest BCUT2D eigenvalue weighted by molar-refractivity contribution is 5.80. The Morgan fingerprint density at radius 2 is 2.05 bits per heavy atom. The highest BCUT2D eigenvalue weighted by Gasteiger charge is 2.64. The van der Waals surface area contributed by atoms with E-state index >= 15 is 0 Å². The largest absolute Gasteiger partial charge is 0.481 e. The first kappa shape index (κ1) is 16.6. The average molecular weight is 296 g/mol. The number of halogens is 3. The molecule has 0 aromatic rings. The van der Waals surface area contributed by atoms with Crippen molar-refractivity contribution in [2.75, 3.05) is 19.6 Å². The number of nitrogens with one attached hydrogen (secondary N) is 1. The van der Waals surface area contributed by atoms with Crippen molar-refractivity contribution >= 4 is 12.0 Å². The van der Waals surface area contributed by atoms with Crippen LogP contribution in [0.5, 0.6) is 0 Å². The molecule has 0 saturated carbocycles. The molecule has 8 heteroatoms. The van der Waals surface area contributed by atoms with Gasteiger partial charge in [-0.25, -0.2) is 4.79 Å². The minimum Gasteiger partial charge on any atom is -0.481 e. The molecule has 2 N–H and O–H groups in total. The summed E-state index contributed by atoms with van der Waals surface area (Å²) in [5, 5.41) is 11.4. The molecule has 1 aliphatic rings. The van der Waals surface area contributed by atoms with Gasteiger partial charge < -0.3 is 15.3 Å². The van der Waals surface area contributed by atoms with E-state index in [2.05, 4.69) is 5.32 Å². The maximum atomic E-state index is 12.9. The van der Waals surface area contributed by atoms with Gasteiger partial charge in [-0.05, 0) is 12.3 Å². The van der Waals surface area contributed by atoms with E-state index in [1.807, 2.05) is 13.8 Å². The monoisotopic (exact) mass is 296 g/mol. The number of hydrogen-bond acceptors (Lipinski definition) is 2. The van der Waals surface area contributed by atoms with E-state index in [1.165, 1.54) is 0 Å². The van der Waals surface area contributed by atoms with Crippen LogP contribution >= 0.6 is 0 Å². The summed E-state index contributed by atoms with van der Waals surface area (Å²) in [6.07, 6.45) is -4.64. The molecule has 1 aliphatic heterocycles. The number of carboxylic acid groups (broad SMARTS) is 1. The second kappa shape index (κ2) is 5.88. The van der Waals surface area contributed by atoms with Crippen LogP contribution in [0, 0.1) is 11.3 Å². The van der Waals surface area contributed by atoms with Crippen molar-refractivity contribution in [2.45, 2.75) is 32.9 Å². The minimum atomic E-state index is -4.87. The third-order valence-electron chi connectivity index (χ3n) is 3.81. The second-order valence-corrected chi connectivity index (χ2v) is 5.26. The molecule has 1 heterocycles. The number of likely N-dealkylation sites (tertiary alicyclic amines) is 1. The molecule has 2 amide bonds. The van der Waals surface area contributed by atoms with Crippen LogP contribution in [0.1, 0.15) is 26.7 Å². The van der Waals surface area contributed by atoms with Gasteiger partial charge >= 0.3 is 18.2 Å². The molecule has 0 aliphatic carbocycles. The number of nitrogens with zero attached hydrogens (tertiary/aromatic N) is 1. The van der Waals surface area contributed by atoms with Gasteiger partial charge in [0.1, 0.15) is 0 Å². The average Bonchev–Trinajstić information content (AvgIpc) is 2.81. The molecular weight excluding hydrogens is 277 g/mol. The molecule has 0 radical (unpaired) electrons. The van der Waals surface area contributed by atoms with Gasteiger partial charge in [0.25, 0.3) is 0 Å². The molecule has 0 aromatic heterocycles. The Morgan fingerprint density at radius 3 is 2.45 bits per heavy atom. The zero-order valence-electron chi connectivity index (χ0n) is 11.5. The van der Waals surface area contributed by atoms with E-state index in [4.69, 9.17) is 5.11 Å². The van der Waals surface area contributed by atoms with Crippen molar-refractivity contribution in [2.24, 2.45) is 11.3 Å². The van der Waals surface area contributed by atoms with Gasteiger partial charge in [-0.15, -0.1) is 0 Å². The van der Waals surface area contributed by atoms with E-state index in [1.54, 1.807) is 0 Å². The lowest BCUT2D eigenvalue weighted by Crippen LogP contribution is -2.49. The molecule has 0 bridgehead atoms. The summed E-state index contributed by atoms with van der Waals surface area (Å²) >= 11 is 0. The number of aliphatic carboxylic acids is 1. The molecule has 2 atom stereocenters. The SMILES string of the molecule is CCC(C)CNC(=O)N1CCC(C(=O)O)(C(F)(F)F)C1. The fraction of sp³-hybridized carbons (Fsp3) is 0.833. The summed E-state index contributed by atoms with van der Waals surface area (Å²) < 4.78 is 38.8. The molecule has 20 heavy (non-hydrogen) atoms. The van der Waals surface area contributed by atoms with Gasteiger partial charge in [0, 0.05) is 19.6 Å². The smallest absolute Gasteiger partial charge is 0.406 e. The quantitative estimate of drug-likeness (QED) is 0.834. The van der Waals surface area contributed by atoms with Crippen molar-refractivity contribution in [1.29, 1.82) is 0 Å². The van der Waals surface area contributed by atoms with Crippen molar-refractivity contribution in [3.8, 4) is 0 Å². The number of alkyl halides is 3. The molecule has 1 fully saturated rings. The summed E-state index contributed by atoms with van der Waals surface area (Å²) in [5.41, 5.74) is -2.85. The van der Waals surface area contributed by atoms with Gasteiger partial charge in [0.15, 0.2) is 5.41 Å². The summed E-state index contributed by atoms with van der Waals surface area (Å²) in [5.74, 6) is -1.71. The first-order valence-electron chi connectivity index (χ1n) is 6.47. The summed E-state index contributed by atoms with van der Waals surface area (Å²) in [4.78, 5) is 23.7. The standard InChI is InChI=1S/C12H19F3N2O3/c1-3-8(2)6-16-10(20)17-5-4-11(7-17,9(18)19)12(13,14)15/h8H,3-7H2,1-2H3,(H,16,20)(H,18,19). The second-order valence-electron chi connectivity index (χ2n) is 5.26. The zero-order chi connectivity index (χ0) is 15.6. The first-order chi connectivity index (χ1) is 9.14. The van der Waals surface area contributed by atoms with E-state index < -0.39 is 36.6 Å². The Balaban J connectivity index is 2.70. The van der Waals surface area contributed by atoms with Crippen LogP contribution in [-0.4, -0.2) is 47.8 Å². The van der Waals surface area contributed by atoms with Crippen LogP contribution in [0.15, 0.2) is 0 Å². The lowest BCUT2D eigenvalue weighted by Gasteiger charge is -2.27. The van der Waals surface area contributed by atoms with Gasteiger partial charge in [0.05, 0.1) is 0 Å². The van der Waals surface area contributed by atoms with Crippen LogP contribution in [0.4, 0.5) is 18.0 Å². The number of rotatable bonds is 4. The van der Waals surface area contributed by atoms with E-state index in [0.717, 1.165) is 11.3 Å². The maximum absolute atomic E-state index is 12.9. The number of carboxylic acids is 1. The number of hydrogen-bond donors (Lipinski definition) is 2. The van der Waals surface area contributed by atoms with Gasteiger partial charge in [-0.2, -0.15) is 13.2 Å². The highest BCUT2D eigenvalue weighted by atomic mass is 19.4. The highest BCUT2D eigenvalue weighted by Crippen LogP contribution is 2.45. The van der Waals surface area contributed by atoms with Crippen LogP contribution in [0.3, 0.4) is 0 Å². The third-order valence-corrected chi connectivity index (χ3v) is 3.81. The molecule has 1 saturated heterocycles. The number of carbonyl (C=O) groups is 2. The molecule has 5 nitrogen and oxygen atoms in total. The molecule has 1 rings (SSSR count). The first-order valence-corrected chi connectivity index (χ1v) is 6.47. The van der Waals surface area contributed by atoms with Crippen molar-refractivity contribution in [3.63, 3.8) is 0 Å². The topological polar surface area (TPSA) is 69.6 Å². The Hall–Kier alpha value is -1.47. The number of amides is 2. The number of urea groups is 1.